The third-order valence-electron chi connectivity index (χ3n) is 4.31. The maximum absolute atomic E-state index is 11.3. The molecule has 0 radical (unpaired) electrons. The molecule has 0 bridgehead atoms. The first-order valence-corrected chi connectivity index (χ1v) is 9.67. The maximum Gasteiger partial charge on any atom is 0.238 e. The third-order valence-corrected chi connectivity index (χ3v) is 5.24. The van der Waals surface area contributed by atoms with Crippen LogP contribution in [0.1, 0.15) is 11.9 Å². The standard InChI is InChI=1S/C16H23N5O3S/c1-20-8-7-19-16(20)15-12-18-6-9-21(15)10-11-24-13-2-4-14(5-3-13)25(17,22)23/h2-5,7-8,15,18H,6,9-12H2,1H3,(H2,17,22,23). The molecule has 8 nitrogen and oxygen atoms in total. The fraction of sp³-hybridized carbons (Fsp3) is 0.438. The number of ether oxygens (including phenoxy) is 1. The Balaban J connectivity index is 1.58. The summed E-state index contributed by atoms with van der Waals surface area (Å²) in [7, 11) is -1.68. The van der Waals surface area contributed by atoms with Crippen LogP contribution in [0.3, 0.4) is 0 Å². The number of aromatic nitrogens is 2. The van der Waals surface area contributed by atoms with E-state index in [9.17, 15) is 8.42 Å². The van der Waals surface area contributed by atoms with Crippen molar-refractivity contribution in [1.29, 1.82) is 0 Å². The summed E-state index contributed by atoms with van der Waals surface area (Å²) in [6.07, 6.45) is 3.76. The van der Waals surface area contributed by atoms with Crippen LogP contribution in [0.2, 0.25) is 0 Å². The number of nitrogens with one attached hydrogen (secondary N) is 1. The molecule has 1 fully saturated rings. The van der Waals surface area contributed by atoms with Gasteiger partial charge in [-0.05, 0) is 24.3 Å². The molecule has 9 heteroatoms. The van der Waals surface area contributed by atoms with E-state index in [0.29, 0.717) is 12.4 Å². The quantitative estimate of drug-likeness (QED) is 0.752. The van der Waals surface area contributed by atoms with Crippen molar-refractivity contribution in [3.63, 3.8) is 0 Å². The minimum atomic E-state index is -3.67. The summed E-state index contributed by atoms with van der Waals surface area (Å²) in [6.45, 7) is 3.98. The first-order valence-electron chi connectivity index (χ1n) is 8.13. The van der Waals surface area contributed by atoms with E-state index in [-0.39, 0.29) is 10.9 Å². The molecular formula is C16H23N5O3S. The van der Waals surface area contributed by atoms with Gasteiger partial charge in [0.05, 0.1) is 10.9 Å². The smallest absolute Gasteiger partial charge is 0.238 e. The molecule has 3 N–H and O–H groups in total. The molecule has 0 aliphatic carbocycles. The van der Waals surface area contributed by atoms with Crippen LogP contribution in [0.4, 0.5) is 0 Å². The van der Waals surface area contributed by atoms with Crippen molar-refractivity contribution in [2.24, 2.45) is 12.2 Å². The first kappa shape index (κ1) is 17.9. The van der Waals surface area contributed by atoms with E-state index in [1.807, 2.05) is 24.0 Å². The zero-order valence-corrected chi connectivity index (χ0v) is 14.9. The Morgan fingerprint density at radius 3 is 2.76 bits per heavy atom. The Kier molecular flexibility index (Phi) is 5.38. The van der Waals surface area contributed by atoms with Crippen molar-refractivity contribution in [2.45, 2.75) is 10.9 Å². The lowest BCUT2D eigenvalue weighted by Crippen LogP contribution is -2.48. The zero-order chi connectivity index (χ0) is 17.9. The molecule has 0 amide bonds. The van der Waals surface area contributed by atoms with Crippen molar-refractivity contribution in [1.82, 2.24) is 19.8 Å². The number of rotatable bonds is 6. The number of primary sulfonamides is 1. The highest BCUT2D eigenvalue weighted by atomic mass is 32.2. The maximum atomic E-state index is 11.3. The molecule has 1 aromatic carbocycles. The lowest BCUT2D eigenvalue weighted by molar-refractivity contribution is 0.127. The van der Waals surface area contributed by atoms with Gasteiger partial charge >= 0.3 is 0 Å². The van der Waals surface area contributed by atoms with Crippen molar-refractivity contribution in [3.8, 4) is 5.75 Å². The number of hydrogen-bond acceptors (Lipinski definition) is 6. The number of benzene rings is 1. The summed E-state index contributed by atoms with van der Waals surface area (Å²) in [5, 5.41) is 8.49. The van der Waals surface area contributed by atoms with E-state index in [4.69, 9.17) is 9.88 Å². The van der Waals surface area contributed by atoms with Gasteiger partial charge in [0.2, 0.25) is 10.0 Å². The molecule has 0 saturated carbocycles. The fourth-order valence-electron chi connectivity index (χ4n) is 2.97. The molecule has 136 valence electrons. The monoisotopic (exact) mass is 365 g/mol. The molecule has 1 unspecified atom stereocenters. The summed E-state index contributed by atoms with van der Waals surface area (Å²) < 4.78 is 30.3. The van der Waals surface area contributed by atoms with Gasteiger partial charge in [-0.25, -0.2) is 18.5 Å². The van der Waals surface area contributed by atoms with Gasteiger partial charge in [0, 0.05) is 45.6 Å². The predicted molar refractivity (Wildman–Crippen MR) is 93.7 cm³/mol. The fourth-order valence-corrected chi connectivity index (χ4v) is 3.49. The van der Waals surface area contributed by atoms with Crippen LogP contribution in [0, 0.1) is 0 Å². The largest absolute Gasteiger partial charge is 0.492 e. The Hall–Kier alpha value is -1.94. The predicted octanol–water partition coefficient (Wildman–Crippen LogP) is 0.0928. The molecular weight excluding hydrogens is 342 g/mol. The average molecular weight is 365 g/mol. The molecule has 0 spiro atoms. The number of piperazine rings is 1. The number of aryl methyl sites for hydroxylation is 1. The summed E-state index contributed by atoms with van der Waals surface area (Å²) in [6, 6.07) is 6.35. The van der Waals surface area contributed by atoms with Crippen LogP contribution in [0.5, 0.6) is 5.75 Å². The van der Waals surface area contributed by atoms with Crippen LogP contribution in [-0.4, -0.2) is 55.7 Å². The van der Waals surface area contributed by atoms with E-state index in [1.165, 1.54) is 12.1 Å². The normalized spacial score (nSPS) is 19.0. The second-order valence-corrected chi connectivity index (χ2v) is 7.58. The minimum Gasteiger partial charge on any atom is -0.492 e. The Bertz CT molecular complexity index is 803. The highest BCUT2D eigenvalue weighted by molar-refractivity contribution is 7.89. The van der Waals surface area contributed by atoms with Crippen LogP contribution in [-0.2, 0) is 17.1 Å². The molecule has 2 heterocycles. The van der Waals surface area contributed by atoms with Crippen molar-refractivity contribution in [3.05, 3.63) is 42.5 Å². The average Bonchev–Trinajstić information content (AvgIpc) is 3.01. The lowest BCUT2D eigenvalue weighted by Gasteiger charge is -2.35. The summed E-state index contributed by atoms with van der Waals surface area (Å²) in [5.74, 6) is 1.65. The second kappa shape index (κ2) is 7.52. The number of imidazole rings is 1. The van der Waals surface area contributed by atoms with Crippen LogP contribution < -0.4 is 15.2 Å². The topological polar surface area (TPSA) is 102 Å². The highest BCUT2D eigenvalue weighted by Crippen LogP contribution is 2.20. The van der Waals surface area contributed by atoms with Crippen molar-refractivity contribution < 1.29 is 13.2 Å². The highest BCUT2D eigenvalue weighted by Gasteiger charge is 2.26. The number of sulfonamides is 1. The van der Waals surface area contributed by atoms with E-state index in [1.54, 1.807) is 12.1 Å². The Labute approximate surface area is 147 Å². The lowest BCUT2D eigenvalue weighted by atomic mass is 10.2. The van der Waals surface area contributed by atoms with Gasteiger partial charge in [0.15, 0.2) is 0 Å². The van der Waals surface area contributed by atoms with E-state index < -0.39 is 10.0 Å². The Morgan fingerprint density at radius 1 is 1.36 bits per heavy atom. The zero-order valence-electron chi connectivity index (χ0n) is 14.1. The number of nitrogens with two attached hydrogens (primary N) is 1. The first-order chi connectivity index (χ1) is 11.9. The number of nitrogens with zero attached hydrogens (tertiary/aromatic N) is 3. The molecule has 2 aromatic rings. The van der Waals surface area contributed by atoms with Gasteiger partial charge in [0.25, 0.3) is 0 Å². The van der Waals surface area contributed by atoms with Gasteiger partial charge in [-0.1, -0.05) is 0 Å². The van der Waals surface area contributed by atoms with Gasteiger partial charge in [-0.2, -0.15) is 0 Å². The number of hydrogen-bond donors (Lipinski definition) is 2. The van der Waals surface area contributed by atoms with E-state index in [0.717, 1.165) is 32.0 Å². The summed E-state index contributed by atoms with van der Waals surface area (Å²) >= 11 is 0. The van der Waals surface area contributed by atoms with Crippen LogP contribution in [0.25, 0.3) is 0 Å². The molecule has 25 heavy (non-hydrogen) atoms. The van der Waals surface area contributed by atoms with Gasteiger partial charge < -0.3 is 14.6 Å². The van der Waals surface area contributed by atoms with E-state index >= 15 is 0 Å². The van der Waals surface area contributed by atoms with Gasteiger partial charge in [-0.3, -0.25) is 4.90 Å². The van der Waals surface area contributed by atoms with E-state index in [2.05, 4.69) is 15.2 Å². The third kappa shape index (κ3) is 4.37. The molecule has 1 atom stereocenters. The van der Waals surface area contributed by atoms with Crippen LogP contribution in [0.15, 0.2) is 41.6 Å². The molecule has 1 aliphatic heterocycles. The SMILES string of the molecule is Cn1ccnc1C1CNCCN1CCOc1ccc(S(N)(=O)=O)cc1. The minimum absolute atomic E-state index is 0.0804. The van der Waals surface area contributed by atoms with Crippen LogP contribution >= 0.6 is 0 Å². The van der Waals surface area contributed by atoms with Crippen molar-refractivity contribution >= 4 is 10.0 Å². The van der Waals surface area contributed by atoms with Gasteiger partial charge in [-0.15, -0.1) is 0 Å². The van der Waals surface area contributed by atoms with Crippen molar-refractivity contribution in [2.75, 3.05) is 32.8 Å². The summed E-state index contributed by atoms with van der Waals surface area (Å²) in [4.78, 5) is 6.89. The molecule has 3 rings (SSSR count). The summed E-state index contributed by atoms with van der Waals surface area (Å²) in [5.41, 5.74) is 0. The Morgan fingerprint density at radius 2 is 2.12 bits per heavy atom. The second-order valence-electron chi connectivity index (χ2n) is 6.02. The molecule has 1 aliphatic rings. The molecule has 1 aromatic heterocycles. The molecule has 1 saturated heterocycles. The van der Waals surface area contributed by atoms with Gasteiger partial charge in [0.1, 0.15) is 18.2 Å².